The summed E-state index contributed by atoms with van der Waals surface area (Å²) >= 11 is 1.68. The summed E-state index contributed by atoms with van der Waals surface area (Å²) in [5, 5.41) is 0. The summed E-state index contributed by atoms with van der Waals surface area (Å²) < 4.78 is 0. The highest BCUT2D eigenvalue weighted by Crippen LogP contribution is 2.19. The Morgan fingerprint density at radius 1 is 0.906 bits per heavy atom. The Bertz CT molecular complexity index is 1060. The standard InChI is InChI=1S/C27H28N2O2S/c1-3-18-28(26(30)17-15-23-10-6-4-7-11-23)21-27(31)29(19-24-12-8-5-9-13-24)20-25-16-14-22(2)32-25/h3-17H,1,18-21H2,2H3. The van der Waals surface area contributed by atoms with Gasteiger partial charge in [-0.2, -0.15) is 0 Å². The molecule has 0 saturated heterocycles. The van der Waals surface area contributed by atoms with Crippen LogP contribution in [0.5, 0.6) is 0 Å². The number of benzene rings is 2. The molecule has 0 aliphatic rings. The Morgan fingerprint density at radius 3 is 2.22 bits per heavy atom. The molecule has 0 saturated carbocycles. The number of rotatable bonds is 10. The fraction of sp³-hybridized carbons (Fsp3) is 0.185. The average molecular weight is 445 g/mol. The van der Waals surface area contributed by atoms with Crippen molar-refractivity contribution in [3.05, 3.63) is 112 Å². The number of hydrogen-bond acceptors (Lipinski definition) is 3. The summed E-state index contributed by atoms with van der Waals surface area (Å²) in [6, 6.07) is 23.7. The maximum atomic E-state index is 13.3. The number of carbonyl (C=O) groups excluding carboxylic acids is 2. The van der Waals surface area contributed by atoms with E-state index in [0.717, 1.165) is 16.0 Å². The molecule has 32 heavy (non-hydrogen) atoms. The molecule has 4 nitrogen and oxygen atoms in total. The molecule has 3 rings (SSSR count). The highest BCUT2D eigenvalue weighted by atomic mass is 32.1. The van der Waals surface area contributed by atoms with Gasteiger partial charge in [-0.25, -0.2) is 0 Å². The summed E-state index contributed by atoms with van der Waals surface area (Å²) in [5.41, 5.74) is 1.99. The van der Waals surface area contributed by atoms with Crippen molar-refractivity contribution in [2.24, 2.45) is 0 Å². The van der Waals surface area contributed by atoms with E-state index in [2.05, 4.69) is 25.6 Å². The lowest BCUT2D eigenvalue weighted by Gasteiger charge is -2.26. The largest absolute Gasteiger partial charge is 0.332 e. The Labute approximate surface area is 194 Å². The molecule has 3 aromatic rings. The van der Waals surface area contributed by atoms with Crippen molar-refractivity contribution in [1.82, 2.24) is 9.80 Å². The number of hydrogen-bond donors (Lipinski definition) is 0. The van der Waals surface area contributed by atoms with Gasteiger partial charge in [0.2, 0.25) is 11.8 Å². The minimum absolute atomic E-state index is 0.00116. The molecule has 1 aromatic heterocycles. The summed E-state index contributed by atoms with van der Waals surface area (Å²) in [6.07, 6.45) is 4.92. The van der Waals surface area contributed by atoms with Gasteiger partial charge in [0.25, 0.3) is 0 Å². The van der Waals surface area contributed by atoms with Gasteiger partial charge < -0.3 is 9.80 Å². The van der Waals surface area contributed by atoms with Gasteiger partial charge in [0, 0.05) is 28.9 Å². The highest BCUT2D eigenvalue weighted by molar-refractivity contribution is 7.11. The first kappa shape index (κ1) is 23.2. The lowest BCUT2D eigenvalue weighted by atomic mass is 10.2. The molecule has 0 fully saturated rings. The van der Waals surface area contributed by atoms with Crippen LogP contribution in [0.15, 0.2) is 91.5 Å². The van der Waals surface area contributed by atoms with Crippen molar-refractivity contribution >= 4 is 29.2 Å². The van der Waals surface area contributed by atoms with Crippen LogP contribution in [0.3, 0.4) is 0 Å². The minimum Gasteiger partial charge on any atom is -0.332 e. The van der Waals surface area contributed by atoms with E-state index < -0.39 is 0 Å². The van der Waals surface area contributed by atoms with Crippen molar-refractivity contribution in [2.75, 3.05) is 13.1 Å². The van der Waals surface area contributed by atoms with Crippen LogP contribution in [0, 0.1) is 6.92 Å². The first-order valence-electron chi connectivity index (χ1n) is 10.5. The third-order valence-electron chi connectivity index (χ3n) is 4.92. The third-order valence-corrected chi connectivity index (χ3v) is 5.90. The van der Waals surface area contributed by atoms with Gasteiger partial charge in [-0.05, 0) is 36.3 Å². The molecule has 0 spiro atoms. The predicted octanol–water partition coefficient (Wildman–Crippen LogP) is 5.31. The Morgan fingerprint density at radius 2 is 1.59 bits per heavy atom. The van der Waals surface area contributed by atoms with Gasteiger partial charge in [0.15, 0.2) is 0 Å². The zero-order valence-corrected chi connectivity index (χ0v) is 19.1. The van der Waals surface area contributed by atoms with Crippen LogP contribution in [0.2, 0.25) is 0 Å². The number of thiophene rings is 1. The Kier molecular flexibility index (Phi) is 8.58. The molecular formula is C27H28N2O2S. The van der Waals surface area contributed by atoms with E-state index in [1.165, 1.54) is 15.9 Å². The van der Waals surface area contributed by atoms with Gasteiger partial charge in [0.1, 0.15) is 6.54 Å². The van der Waals surface area contributed by atoms with Crippen LogP contribution >= 0.6 is 11.3 Å². The SMILES string of the molecule is C=CCN(CC(=O)N(Cc1ccccc1)Cc1ccc(C)s1)C(=O)C=Cc1ccccc1. The van der Waals surface area contributed by atoms with Crippen LogP contribution in [0.1, 0.15) is 20.9 Å². The first-order chi connectivity index (χ1) is 15.5. The maximum Gasteiger partial charge on any atom is 0.247 e. The zero-order chi connectivity index (χ0) is 22.8. The molecule has 0 radical (unpaired) electrons. The van der Waals surface area contributed by atoms with Gasteiger partial charge in [-0.3, -0.25) is 9.59 Å². The molecule has 0 bridgehead atoms. The predicted molar refractivity (Wildman–Crippen MR) is 132 cm³/mol. The second-order valence-electron chi connectivity index (χ2n) is 7.50. The van der Waals surface area contributed by atoms with Crippen LogP contribution < -0.4 is 0 Å². The topological polar surface area (TPSA) is 40.6 Å². The van der Waals surface area contributed by atoms with Gasteiger partial charge in [-0.1, -0.05) is 66.7 Å². The van der Waals surface area contributed by atoms with Gasteiger partial charge >= 0.3 is 0 Å². The minimum atomic E-state index is -0.214. The fourth-order valence-electron chi connectivity index (χ4n) is 3.28. The quantitative estimate of drug-likeness (QED) is 0.314. The van der Waals surface area contributed by atoms with Crippen molar-refractivity contribution in [3.8, 4) is 0 Å². The van der Waals surface area contributed by atoms with E-state index in [4.69, 9.17) is 0 Å². The lowest BCUT2D eigenvalue weighted by Crippen LogP contribution is -2.42. The number of amides is 2. The van der Waals surface area contributed by atoms with Crippen LogP contribution in [0.4, 0.5) is 0 Å². The maximum absolute atomic E-state index is 13.3. The van der Waals surface area contributed by atoms with Crippen LogP contribution in [0.25, 0.3) is 6.08 Å². The molecule has 0 unspecified atom stereocenters. The van der Waals surface area contributed by atoms with E-state index in [1.54, 1.807) is 23.5 Å². The second kappa shape index (κ2) is 11.8. The second-order valence-corrected chi connectivity index (χ2v) is 8.87. The fourth-order valence-corrected chi connectivity index (χ4v) is 4.19. The lowest BCUT2D eigenvalue weighted by molar-refractivity contribution is -0.138. The summed E-state index contributed by atoms with van der Waals surface area (Å²) in [4.78, 5) is 31.8. The normalized spacial score (nSPS) is 10.8. The van der Waals surface area contributed by atoms with Crippen molar-refractivity contribution in [3.63, 3.8) is 0 Å². The van der Waals surface area contributed by atoms with E-state index in [-0.39, 0.29) is 18.4 Å². The highest BCUT2D eigenvalue weighted by Gasteiger charge is 2.20. The van der Waals surface area contributed by atoms with Gasteiger partial charge in [0.05, 0.1) is 6.54 Å². The van der Waals surface area contributed by atoms with Crippen molar-refractivity contribution < 1.29 is 9.59 Å². The number of aryl methyl sites for hydroxylation is 1. The molecule has 0 atom stereocenters. The van der Waals surface area contributed by atoms with E-state index >= 15 is 0 Å². The number of carbonyl (C=O) groups is 2. The molecular weight excluding hydrogens is 416 g/mol. The van der Waals surface area contributed by atoms with Crippen molar-refractivity contribution in [2.45, 2.75) is 20.0 Å². The van der Waals surface area contributed by atoms with E-state index in [9.17, 15) is 9.59 Å². The molecule has 0 aliphatic carbocycles. The molecule has 5 heteroatoms. The summed E-state index contributed by atoms with van der Waals surface area (Å²) in [7, 11) is 0. The molecule has 2 aromatic carbocycles. The molecule has 0 aliphatic heterocycles. The molecule has 1 heterocycles. The molecule has 164 valence electrons. The Balaban J connectivity index is 1.74. The summed E-state index contributed by atoms with van der Waals surface area (Å²) in [6.45, 7) is 7.12. The van der Waals surface area contributed by atoms with Crippen LogP contribution in [-0.2, 0) is 22.7 Å². The zero-order valence-electron chi connectivity index (χ0n) is 18.3. The smallest absolute Gasteiger partial charge is 0.247 e. The van der Waals surface area contributed by atoms with E-state index in [1.807, 2.05) is 65.6 Å². The Hall–Kier alpha value is -3.44. The third kappa shape index (κ3) is 7.06. The van der Waals surface area contributed by atoms with Crippen molar-refractivity contribution in [1.29, 1.82) is 0 Å². The van der Waals surface area contributed by atoms with Crippen LogP contribution in [-0.4, -0.2) is 34.7 Å². The van der Waals surface area contributed by atoms with E-state index in [0.29, 0.717) is 19.6 Å². The monoisotopic (exact) mass is 444 g/mol. The summed E-state index contributed by atoms with van der Waals surface area (Å²) in [5.74, 6) is -0.308. The first-order valence-corrected chi connectivity index (χ1v) is 11.4. The molecule has 0 N–H and O–H groups in total. The van der Waals surface area contributed by atoms with Gasteiger partial charge in [-0.15, -0.1) is 17.9 Å². The average Bonchev–Trinajstić information content (AvgIpc) is 3.22. The molecule has 2 amide bonds. The number of nitrogens with zero attached hydrogens (tertiary/aromatic N) is 2.